The standard InChI is InChI=1S/C12H6N4OS/c13-7-9-11(15-6-5-14-9)18-12-16-8-3-1-2-4-10(8)17-12/h1-6H. The van der Waals surface area contributed by atoms with Crippen molar-refractivity contribution in [2.45, 2.75) is 10.2 Å². The number of benzene rings is 1. The molecule has 0 N–H and O–H groups in total. The van der Waals surface area contributed by atoms with Crippen LogP contribution in [0.25, 0.3) is 11.1 Å². The van der Waals surface area contributed by atoms with Crippen LogP contribution in [-0.2, 0) is 0 Å². The van der Waals surface area contributed by atoms with Gasteiger partial charge in [0.2, 0.25) is 0 Å². The highest BCUT2D eigenvalue weighted by Crippen LogP contribution is 2.29. The van der Waals surface area contributed by atoms with Crippen LogP contribution in [0.15, 0.2) is 51.3 Å². The van der Waals surface area contributed by atoms with E-state index >= 15 is 0 Å². The third-order valence-corrected chi connectivity index (χ3v) is 3.07. The lowest BCUT2D eigenvalue weighted by Crippen LogP contribution is -1.89. The maximum Gasteiger partial charge on any atom is 0.263 e. The van der Waals surface area contributed by atoms with Gasteiger partial charge in [-0.3, -0.25) is 0 Å². The van der Waals surface area contributed by atoms with Gasteiger partial charge in [0.1, 0.15) is 16.6 Å². The zero-order chi connectivity index (χ0) is 12.4. The van der Waals surface area contributed by atoms with Gasteiger partial charge in [-0.05, 0) is 23.9 Å². The molecule has 0 saturated carbocycles. The summed E-state index contributed by atoms with van der Waals surface area (Å²) in [5.41, 5.74) is 1.76. The fraction of sp³-hybridized carbons (Fsp3) is 0. The van der Waals surface area contributed by atoms with Crippen molar-refractivity contribution in [2.75, 3.05) is 0 Å². The van der Waals surface area contributed by atoms with Gasteiger partial charge in [0.05, 0.1) is 0 Å². The molecule has 86 valence electrons. The number of para-hydroxylation sites is 2. The first kappa shape index (κ1) is 10.7. The van der Waals surface area contributed by atoms with Gasteiger partial charge in [-0.25, -0.2) is 15.0 Å². The Labute approximate surface area is 107 Å². The van der Waals surface area contributed by atoms with Gasteiger partial charge in [-0.15, -0.1) is 0 Å². The molecule has 18 heavy (non-hydrogen) atoms. The molecule has 2 aromatic heterocycles. The van der Waals surface area contributed by atoms with Crippen molar-refractivity contribution in [2.24, 2.45) is 0 Å². The number of aromatic nitrogens is 3. The largest absolute Gasteiger partial charge is 0.431 e. The quantitative estimate of drug-likeness (QED) is 0.699. The molecule has 3 rings (SSSR count). The Balaban J connectivity index is 1.99. The number of hydrogen-bond acceptors (Lipinski definition) is 6. The van der Waals surface area contributed by atoms with E-state index in [1.54, 1.807) is 0 Å². The van der Waals surface area contributed by atoms with Crippen LogP contribution in [0.5, 0.6) is 0 Å². The van der Waals surface area contributed by atoms with Crippen molar-refractivity contribution in [1.29, 1.82) is 5.26 Å². The Morgan fingerprint density at radius 3 is 2.83 bits per heavy atom. The zero-order valence-corrected chi connectivity index (χ0v) is 9.89. The molecule has 0 aliphatic carbocycles. The van der Waals surface area contributed by atoms with Crippen LogP contribution in [0.4, 0.5) is 0 Å². The lowest BCUT2D eigenvalue weighted by atomic mass is 10.3. The van der Waals surface area contributed by atoms with Gasteiger partial charge in [-0.1, -0.05) is 12.1 Å². The van der Waals surface area contributed by atoms with E-state index in [1.165, 1.54) is 24.2 Å². The molecule has 5 nitrogen and oxygen atoms in total. The second-order valence-electron chi connectivity index (χ2n) is 3.37. The first-order valence-electron chi connectivity index (χ1n) is 5.11. The summed E-state index contributed by atoms with van der Waals surface area (Å²) in [7, 11) is 0. The molecule has 0 aliphatic heterocycles. The maximum absolute atomic E-state index is 8.92. The van der Waals surface area contributed by atoms with Crippen molar-refractivity contribution in [3.8, 4) is 6.07 Å². The fourth-order valence-electron chi connectivity index (χ4n) is 1.45. The summed E-state index contributed by atoms with van der Waals surface area (Å²) in [5.74, 6) is 0. The molecule has 0 amide bonds. The van der Waals surface area contributed by atoms with E-state index in [2.05, 4.69) is 15.0 Å². The number of oxazole rings is 1. The first-order chi connectivity index (χ1) is 8.86. The van der Waals surface area contributed by atoms with E-state index in [-0.39, 0.29) is 5.69 Å². The number of nitrogens with zero attached hydrogens (tertiary/aromatic N) is 4. The molecule has 0 radical (unpaired) electrons. The molecule has 0 bridgehead atoms. The van der Waals surface area contributed by atoms with Crippen LogP contribution >= 0.6 is 11.8 Å². The Hall–Kier alpha value is -2.39. The first-order valence-corrected chi connectivity index (χ1v) is 5.93. The summed E-state index contributed by atoms with van der Waals surface area (Å²) in [6.45, 7) is 0. The second-order valence-corrected chi connectivity index (χ2v) is 4.31. The van der Waals surface area contributed by atoms with Gasteiger partial charge in [-0.2, -0.15) is 5.26 Å². The topological polar surface area (TPSA) is 75.6 Å². The van der Waals surface area contributed by atoms with Crippen molar-refractivity contribution < 1.29 is 4.42 Å². The molecule has 2 heterocycles. The summed E-state index contributed by atoms with van der Waals surface area (Å²) in [4.78, 5) is 12.3. The molecule has 0 saturated heterocycles. The van der Waals surface area contributed by atoms with Gasteiger partial charge in [0.25, 0.3) is 5.22 Å². The van der Waals surface area contributed by atoms with Gasteiger partial charge < -0.3 is 4.42 Å². The summed E-state index contributed by atoms with van der Waals surface area (Å²) in [5, 5.41) is 9.86. The number of rotatable bonds is 2. The molecule has 3 aromatic rings. The molecular formula is C12H6N4OS. The summed E-state index contributed by atoms with van der Waals surface area (Å²) in [6, 6.07) is 9.46. The highest BCUT2D eigenvalue weighted by molar-refractivity contribution is 7.99. The highest BCUT2D eigenvalue weighted by atomic mass is 32.2. The normalized spacial score (nSPS) is 10.4. The molecule has 6 heteroatoms. The average molecular weight is 254 g/mol. The Bertz CT molecular complexity index is 714. The average Bonchev–Trinajstić information content (AvgIpc) is 2.81. The van der Waals surface area contributed by atoms with Crippen LogP contribution in [0.2, 0.25) is 0 Å². The molecular weight excluding hydrogens is 248 g/mol. The summed E-state index contributed by atoms with van der Waals surface area (Å²) >= 11 is 1.19. The van der Waals surface area contributed by atoms with Crippen LogP contribution < -0.4 is 0 Å². The molecule has 0 fully saturated rings. The van der Waals surface area contributed by atoms with Crippen molar-refractivity contribution >= 4 is 22.9 Å². The van der Waals surface area contributed by atoms with E-state index < -0.39 is 0 Å². The van der Waals surface area contributed by atoms with Crippen molar-refractivity contribution in [3.63, 3.8) is 0 Å². The monoisotopic (exact) mass is 254 g/mol. The lowest BCUT2D eigenvalue weighted by molar-refractivity contribution is 0.489. The molecule has 0 spiro atoms. The Morgan fingerprint density at radius 2 is 2.00 bits per heavy atom. The third kappa shape index (κ3) is 1.92. The summed E-state index contributed by atoms with van der Waals surface area (Å²) < 4.78 is 5.55. The Morgan fingerprint density at radius 1 is 1.17 bits per heavy atom. The third-order valence-electron chi connectivity index (χ3n) is 2.23. The lowest BCUT2D eigenvalue weighted by Gasteiger charge is -1.96. The van der Waals surface area contributed by atoms with Crippen LogP contribution in [0, 0.1) is 11.3 Å². The van der Waals surface area contributed by atoms with E-state index in [4.69, 9.17) is 9.68 Å². The van der Waals surface area contributed by atoms with Crippen molar-refractivity contribution in [3.05, 3.63) is 42.4 Å². The predicted molar refractivity (Wildman–Crippen MR) is 64.9 cm³/mol. The van der Waals surface area contributed by atoms with Crippen LogP contribution in [0.3, 0.4) is 0 Å². The Kier molecular flexibility index (Phi) is 2.67. The minimum Gasteiger partial charge on any atom is -0.431 e. The fourth-order valence-corrected chi connectivity index (χ4v) is 2.20. The SMILES string of the molecule is N#Cc1nccnc1Sc1nc2ccccc2o1. The minimum atomic E-state index is 0.268. The number of nitriles is 1. The maximum atomic E-state index is 8.92. The van der Waals surface area contributed by atoms with Gasteiger partial charge in [0.15, 0.2) is 11.3 Å². The molecule has 0 unspecified atom stereocenters. The number of fused-ring (bicyclic) bond motifs is 1. The zero-order valence-electron chi connectivity index (χ0n) is 9.07. The van der Waals surface area contributed by atoms with E-state index in [1.807, 2.05) is 30.3 Å². The molecule has 1 aromatic carbocycles. The molecule has 0 aliphatic rings. The number of hydrogen-bond donors (Lipinski definition) is 0. The second kappa shape index (κ2) is 4.47. The highest BCUT2D eigenvalue weighted by Gasteiger charge is 2.11. The summed E-state index contributed by atoms with van der Waals surface area (Å²) in [6.07, 6.45) is 3.01. The van der Waals surface area contributed by atoms with Crippen LogP contribution in [0.1, 0.15) is 5.69 Å². The minimum absolute atomic E-state index is 0.268. The van der Waals surface area contributed by atoms with Gasteiger partial charge in [0, 0.05) is 12.4 Å². The smallest absolute Gasteiger partial charge is 0.263 e. The van der Waals surface area contributed by atoms with E-state index in [0.29, 0.717) is 15.8 Å². The van der Waals surface area contributed by atoms with Crippen LogP contribution in [-0.4, -0.2) is 15.0 Å². The van der Waals surface area contributed by atoms with E-state index in [0.717, 1.165) is 5.52 Å². The predicted octanol–water partition coefficient (Wildman–Crippen LogP) is 2.64. The van der Waals surface area contributed by atoms with Gasteiger partial charge >= 0.3 is 0 Å². The molecule has 0 atom stereocenters. The van der Waals surface area contributed by atoms with Crippen molar-refractivity contribution in [1.82, 2.24) is 15.0 Å². The van der Waals surface area contributed by atoms with E-state index in [9.17, 15) is 0 Å².